The normalized spacial score (nSPS) is 15.2. The molecule has 0 N–H and O–H groups in total. The Morgan fingerprint density at radius 3 is 3.00 bits per heavy atom. The maximum atomic E-state index is 12.0. The molecular weight excluding hydrogens is 214 g/mol. The summed E-state index contributed by atoms with van der Waals surface area (Å²) in [4.78, 5) is 16.0. The lowest BCUT2D eigenvalue weighted by Gasteiger charge is -2.11. The first-order chi connectivity index (χ1) is 8.29. The number of carbonyl (C=O) groups is 1. The molecule has 0 saturated carbocycles. The number of allylic oxidation sites excluding steroid dienone is 2. The average molecular weight is 231 g/mol. The summed E-state index contributed by atoms with van der Waals surface area (Å²) in [6.07, 6.45) is 10.6. The number of ketones is 1. The van der Waals surface area contributed by atoms with Crippen molar-refractivity contribution in [1.29, 1.82) is 0 Å². The van der Waals surface area contributed by atoms with Crippen molar-refractivity contribution in [3.8, 4) is 5.75 Å². The van der Waals surface area contributed by atoms with Gasteiger partial charge in [0.05, 0.1) is 13.3 Å². The first-order valence-corrected chi connectivity index (χ1v) is 6.00. The molecule has 0 spiro atoms. The van der Waals surface area contributed by atoms with Gasteiger partial charge in [-0.15, -0.1) is 0 Å². The lowest BCUT2D eigenvalue weighted by Crippen LogP contribution is -2.04. The Bertz CT molecular complexity index is 438. The van der Waals surface area contributed by atoms with E-state index in [1.165, 1.54) is 18.4 Å². The fourth-order valence-electron chi connectivity index (χ4n) is 2.06. The van der Waals surface area contributed by atoms with Crippen LogP contribution in [0.2, 0.25) is 0 Å². The summed E-state index contributed by atoms with van der Waals surface area (Å²) in [5.74, 6) is 0.762. The molecular formula is C14H17NO2. The highest BCUT2D eigenvalue weighted by molar-refractivity contribution is 5.97. The summed E-state index contributed by atoms with van der Waals surface area (Å²) in [6, 6.07) is 1.75. The first kappa shape index (κ1) is 11.8. The summed E-state index contributed by atoms with van der Waals surface area (Å²) in [5.41, 5.74) is 1.90. The third-order valence-corrected chi connectivity index (χ3v) is 3.04. The predicted octanol–water partition coefficient (Wildman–Crippen LogP) is 3.16. The molecule has 0 radical (unpaired) electrons. The van der Waals surface area contributed by atoms with E-state index >= 15 is 0 Å². The maximum Gasteiger partial charge on any atom is 0.168 e. The molecule has 1 aliphatic carbocycles. The predicted molar refractivity (Wildman–Crippen MR) is 66.3 cm³/mol. The molecule has 0 bridgehead atoms. The van der Waals surface area contributed by atoms with Crippen molar-refractivity contribution in [3.05, 3.63) is 35.7 Å². The fourth-order valence-corrected chi connectivity index (χ4v) is 2.06. The molecule has 0 atom stereocenters. The van der Waals surface area contributed by atoms with Gasteiger partial charge in [0.2, 0.25) is 0 Å². The third kappa shape index (κ3) is 3.16. The number of Topliss-reactive ketones (excluding diaryl/α,β-unsaturated/α-hetero) is 1. The van der Waals surface area contributed by atoms with Crippen LogP contribution in [0.25, 0.3) is 0 Å². The van der Waals surface area contributed by atoms with Crippen LogP contribution in [0, 0.1) is 0 Å². The van der Waals surface area contributed by atoms with Crippen LogP contribution >= 0.6 is 0 Å². The number of rotatable bonds is 4. The Morgan fingerprint density at radius 1 is 1.41 bits per heavy atom. The van der Waals surface area contributed by atoms with E-state index in [-0.39, 0.29) is 5.78 Å². The van der Waals surface area contributed by atoms with Crippen LogP contribution in [0.5, 0.6) is 5.75 Å². The smallest absolute Gasteiger partial charge is 0.168 e. The highest BCUT2D eigenvalue weighted by Gasteiger charge is 2.12. The van der Waals surface area contributed by atoms with Crippen LogP contribution in [-0.4, -0.2) is 17.9 Å². The molecule has 0 saturated heterocycles. The quantitative estimate of drug-likeness (QED) is 0.590. The van der Waals surface area contributed by atoms with Gasteiger partial charge in [-0.3, -0.25) is 9.78 Å². The van der Waals surface area contributed by atoms with Gasteiger partial charge in [-0.2, -0.15) is 0 Å². The largest absolute Gasteiger partial charge is 0.495 e. The zero-order valence-corrected chi connectivity index (χ0v) is 10.1. The molecule has 1 aromatic rings. The Balaban J connectivity index is 2.05. The molecule has 3 nitrogen and oxygen atoms in total. The van der Waals surface area contributed by atoms with Crippen LogP contribution in [0.4, 0.5) is 0 Å². The molecule has 0 aromatic carbocycles. The van der Waals surface area contributed by atoms with Crippen LogP contribution in [-0.2, 0) is 0 Å². The summed E-state index contributed by atoms with van der Waals surface area (Å²) in [7, 11) is 1.58. The minimum atomic E-state index is 0.129. The van der Waals surface area contributed by atoms with Crippen molar-refractivity contribution in [2.24, 2.45) is 0 Å². The van der Waals surface area contributed by atoms with E-state index < -0.39 is 0 Å². The number of hydrogen-bond donors (Lipinski definition) is 0. The van der Waals surface area contributed by atoms with Crippen molar-refractivity contribution >= 4 is 5.78 Å². The van der Waals surface area contributed by atoms with Crippen molar-refractivity contribution in [3.63, 3.8) is 0 Å². The van der Waals surface area contributed by atoms with Gasteiger partial charge >= 0.3 is 0 Å². The maximum absolute atomic E-state index is 12.0. The number of methoxy groups -OCH3 is 1. The third-order valence-electron chi connectivity index (χ3n) is 3.04. The molecule has 17 heavy (non-hydrogen) atoms. The molecule has 0 amide bonds. The van der Waals surface area contributed by atoms with Gasteiger partial charge in [0, 0.05) is 18.2 Å². The minimum Gasteiger partial charge on any atom is -0.495 e. The van der Waals surface area contributed by atoms with Gasteiger partial charge in [-0.25, -0.2) is 0 Å². The standard InChI is InChI=1S/C14H17NO2/c1-17-13-8-12(9-15-10-13)14(16)7-11-5-3-2-4-6-11/h5,8-10H,2-4,6-7H2,1H3. The molecule has 0 fully saturated rings. The van der Waals surface area contributed by atoms with E-state index in [9.17, 15) is 4.79 Å². The Labute approximate surface area is 102 Å². The fraction of sp³-hybridized carbons (Fsp3) is 0.429. The molecule has 0 unspecified atom stereocenters. The highest BCUT2D eigenvalue weighted by Crippen LogP contribution is 2.22. The molecule has 1 heterocycles. The number of nitrogens with zero attached hydrogens (tertiary/aromatic N) is 1. The monoisotopic (exact) mass is 231 g/mol. The van der Waals surface area contributed by atoms with E-state index in [2.05, 4.69) is 11.1 Å². The van der Waals surface area contributed by atoms with E-state index in [0.717, 1.165) is 12.8 Å². The number of pyridine rings is 1. The van der Waals surface area contributed by atoms with Gasteiger partial charge in [0.25, 0.3) is 0 Å². The van der Waals surface area contributed by atoms with E-state index in [1.807, 2.05) is 0 Å². The van der Waals surface area contributed by atoms with Crippen LogP contribution in [0.3, 0.4) is 0 Å². The number of aromatic nitrogens is 1. The lowest BCUT2D eigenvalue weighted by atomic mass is 9.94. The second-order valence-electron chi connectivity index (χ2n) is 4.32. The first-order valence-electron chi connectivity index (χ1n) is 6.00. The van der Waals surface area contributed by atoms with E-state index in [4.69, 9.17) is 4.74 Å². The van der Waals surface area contributed by atoms with Crippen LogP contribution in [0.15, 0.2) is 30.1 Å². The Hall–Kier alpha value is -1.64. The summed E-state index contributed by atoms with van der Waals surface area (Å²) in [5, 5.41) is 0. The summed E-state index contributed by atoms with van der Waals surface area (Å²) in [6.45, 7) is 0. The average Bonchev–Trinajstić information content (AvgIpc) is 2.40. The topological polar surface area (TPSA) is 39.2 Å². The van der Waals surface area contributed by atoms with Crippen LogP contribution in [0.1, 0.15) is 42.5 Å². The van der Waals surface area contributed by atoms with Crippen molar-refractivity contribution < 1.29 is 9.53 Å². The van der Waals surface area contributed by atoms with Gasteiger partial charge < -0.3 is 4.74 Å². The highest BCUT2D eigenvalue weighted by atomic mass is 16.5. The van der Waals surface area contributed by atoms with Gasteiger partial charge in [0.1, 0.15) is 5.75 Å². The van der Waals surface area contributed by atoms with Gasteiger partial charge in [0.15, 0.2) is 5.78 Å². The Morgan fingerprint density at radius 2 is 2.29 bits per heavy atom. The number of hydrogen-bond acceptors (Lipinski definition) is 3. The second-order valence-corrected chi connectivity index (χ2v) is 4.32. The molecule has 3 heteroatoms. The van der Waals surface area contributed by atoms with E-state index in [0.29, 0.717) is 17.7 Å². The van der Waals surface area contributed by atoms with Crippen molar-refractivity contribution in [2.45, 2.75) is 32.1 Å². The van der Waals surface area contributed by atoms with Crippen LogP contribution < -0.4 is 4.74 Å². The second kappa shape index (κ2) is 5.62. The molecule has 0 aliphatic heterocycles. The molecule has 90 valence electrons. The molecule has 1 aromatic heterocycles. The van der Waals surface area contributed by atoms with Crippen molar-refractivity contribution in [1.82, 2.24) is 4.98 Å². The van der Waals surface area contributed by atoms with Crippen molar-refractivity contribution in [2.75, 3.05) is 7.11 Å². The van der Waals surface area contributed by atoms with Gasteiger partial charge in [-0.05, 0) is 31.7 Å². The number of ether oxygens (including phenoxy) is 1. The van der Waals surface area contributed by atoms with Gasteiger partial charge in [-0.1, -0.05) is 11.6 Å². The van der Waals surface area contributed by atoms with E-state index in [1.54, 1.807) is 25.6 Å². The summed E-state index contributed by atoms with van der Waals surface area (Å²) >= 11 is 0. The Kier molecular flexibility index (Phi) is 3.91. The zero-order valence-electron chi connectivity index (χ0n) is 10.1. The number of carbonyl (C=O) groups excluding carboxylic acids is 1. The minimum absolute atomic E-state index is 0.129. The zero-order chi connectivity index (χ0) is 12.1. The summed E-state index contributed by atoms with van der Waals surface area (Å²) < 4.78 is 5.07. The SMILES string of the molecule is COc1cncc(C(=O)CC2=CCCCC2)c1. The lowest BCUT2D eigenvalue weighted by molar-refractivity contribution is 0.0991. The molecule has 1 aliphatic rings. The molecule has 2 rings (SSSR count).